The average molecular weight is 385 g/mol. The van der Waals surface area contributed by atoms with Gasteiger partial charge in [-0.15, -0.1) is 0 Å². The van der Waals surface area contributed by atoms with E-state index < -0.39 is 11.6 Å². The highest BCUT2D eigenvalue weighted by atomic mass is 35.5. The van der Waals surface area contributed by atoms with Crippen LogP contribution in [-0.4, -0.2) is 58.8 Å². The maximum absolute atomic E-state index is 12.1. The van der Waals surface area contributed by atoms with Crippen molar-refractivity contribution in [3.05, 3.63) is 17.0 Å². The lowest BCUT2D eigenvalue weighted by atomic mass is 10.0. The lowest BCUT2D eigenvalue weighted by Crippen LogP contribution is -2.44. The summed E-state index contributed by atoms with van der Waals surface area (Å²) >= 11 is 6.11. The summed E-state index contributed by atoms with van der Waals surface area (Å²) in [5, 5.41) is 3.53. The second-order valence-corrected chi connectivity index (χ2v) is 7.49. The van der Waals surface area contributed by atoms with Crippen LogP contribution in [0.4, 0.5) is 10.6 Å². The van der Waals surface area contributed by atoms with Crippen molar-refractivity contribution in [1.29, 1.82) is 0 Å². The van der Waals surface area contributed by atoms with Crippen LogP contribution in [0.2, 0.25) is 5.15 Å². The van der Waals surface area contributed by atoms with Crippen molar-refractivity contribution in [3.8, 4) is 0 Å². The molecule has 26 heavy (non-hydrogen) atoms. The first-order valence-corrected chi connectivity index (χ1v) is 8.88. The Kier molecular flexibility index (Phi) is 6.63. The Bertz CT molecular complexity index is 655. The number of likely N-dealkylation sites (tertiary alicyclic amines) is 1. The number of hydrogen-bond donors (Lipinski definition) is 1. The quantitative estimate of drug-likeness (QED) is 0.629. The molecular weight excluding hydrogens is 360 g/mol. The maximum atomic E-state index is 12.1. The molecule has 1 aliphatic heterocycles. The second-order valence-electron chi connectivity index (χ2n) is 7.13. The highest BCUT2D eigenvalue weighted by Crippen LogP contribution is 2.24. The van der Waals surface area contributed by atoms with Gasteiger partial charge in [-0.2, -0.15) is 0 Å². The summed E-state index contributed by atoms with van der Waals surface area (Å²) in [7, 11) is 1.32. The van der Waals surface area contributed by atoms with E-state index in [0.29, 0.717) is 24.5 Å². The van der Waals surface area contributed by atoms with Crippen molar-refractivity contribution < 1.29 is 19.1 Å². The SMILES string of the molecule is COC(=O)Cc1c(Cl)ncnc1NC1CCN(C(=O)OC(C)(C)C)CC1. The van der Waals surface area contributed by atoms with E-state index in [1.807, 2.05) is 20.8 Å². The molecular formula is C17H25ClN4O4. The van der Waals surface area contributed by atoms with Gasteiger partial charge in [0.2, 0.25) is 0 Å². The van der Waals surface area contributed by atoms with Gasteiger partial charge in [0.25, 0.3) is 0 Å². The number of nitrogens with one attached hydrogen (secondary N) is 1. The van der Waals surface area contributed by atoms with E-state index >= 15 is 0 Å². The number of piperidine rings is 1. The van der Waals surface area contributed by atoms with E-state index in [1.54, 1.807) is 4.90 Å². The van der Waals surface area contributed by atoms with Crippen LogP contribution in [0.1, 0.15) is 39.2 Å². The zero-order valence-corrected chi connectivity index (χ0v) is 16.3. The average Bonchev–Trinajstić information content (AvgIpc) is 2.57. The second kappa shape index (κ2) is 8.53. The smallest absolute Gasteiger partial charge is 0.410 e. The Labute approximate surface area is 158 Å². The number of carbonyl (C=O) groups is 2. The molecule has 0 unspecified atom stereocenters. The lowest BCUT2D eigenvalue weighted by molar-refractivity contribution is -0.139. The van der Waals surface area contributed by atoms with Gasteiger partial charge in [0, 0.05) is 24.7 Å². The summed E-state index contributed by atoms with van der Waals surface area (Å²) in [5.74, 6) is 0.107. The Hall–Kier alpha value is -2.09. The van der Waals surface area contributed by atoms with Crippen LogP contribution in [0.5, 0.6) is 0 Å². The van der Waals surface area contributed by atoms with Crippen molar-refractivity contribution in [2.75, 3.05) is 25.5 Å². The predicted octanol–water partition coefficient (Wildman–Crippen LogP) is 2.66. The van der Waals surface area contributed by atoms with E-state index in [0.717, 1.165) is 12.8 Å². The van der Waals surface area contributed by atoms with Crippen LogP contribution in [0, 0.1) is 0 Å². The summed E-state index contributed by atoms with van der Waals surface area (Å²) in [5.41, 5.74) is 0.00254. The van der Waals surface area contributed by atoms with E-state index in [1.165, 1.54) is 13.4 Å². The van der Waals surface area contributed by atoms with Crippen LogP contribution < -0.4 is 5.32 Å². The molecule has 1 aliphatic rings. The highest BCUT2D eigenvalue weighted by molar-refractivity contribution is 6.30. The van der Waals surface area contributed by atoms with Gasteiger partial charge in [-0.3, -0.25) is 4.79 Å². The van der Waals surface area contributed by atoms with Gasteiger partial charge in [0.15, 0.2) is 0 Å². The molecule has 0 atom stereocenters. The molecule has 2 heterocycles. The zero-order valence-electron chi connectivity index (χ0n) is 15.5. The summed E-state index contributed by atoms with van der Waals surface area (Å²) < 4.78 is 10.1. The number of carbonyl (C=O) groups excluding carboxylic acids is 2. The van der Waals surface area contributed by atoms with Crippen molar-refractivity contribution in [2.45, 2.75) is 51.7 Å². The molecule has 0 aliphatic carbocycles. The number of amides is 1. The molecule has 2 rings (SSSR count). The highest BCUT2D eigenvalue weighted by Gasteiger charge is 2.27. The molecule has 1 saturated heterocycles. The zero-order chi connectivity index (χ0) is 19.3. The van der Waals surface area contributed by atoms with Gasteiger partial charge in [-0.05, 0) is 33.6 Å². The van der Waals surface area contributed by atoms with Crippen LogP contribution in [0.15, 0.2) is 6.33 Å². The molecule has 0 radical (unpaired) electrons. The van der Waals surface area contributed by atoms with Crippen molar-refractivity contribution >= 4 is 29.5 Å². The first kappa shape index (κ1) is 20.2. The number of halogens is 1. The molecule has 0 aromatic carbocycles. The van der Waals surface area contributed by atoms with E-state index in [2.05, 4.69) is 15.3 Å². The molecule has 1 amide bonds. The molecule has 1 aromatic rings. The van der Waals surface area contributed by atoms with Gasteiger partial charge in [-0.1, -0.05) is 11.6 Å². The minimum absolute atomic E-state index is 0.00470. The number of rotatable bonds is 4. The van der Waals surface area contributed by atoms with E-state index in [4.69, 9.17) is 21.1 Å². The van der Waals surface area contributed by atoms with E-state index in [-0.39, 0.29) is 23.7 Å². The first-order valence-electron chi connectivity index (χ1n) is 8.50. The number of aromatic nitrogens is 2. The summed E-state index contributed by atoms with van der Waals surface area (Å²) in [6.45, 7) is 6.71. The van der Waals surface area contributed by atoms with E-state index in [9.17, 15) is 9.59 Å². The molecule has 144 valence electrons. The van der Waals surface area contributed by atoms with Crippen molar-refractivity contribution in [1.82, 2.24) is 14.9 Å². The van der Waals surface area contributed by atoms with Crippen molar-refractivity contribution in [2.24, 2.45) is 0 Å². The minimum atomic E-state index is -0.507. The predicted molar refractivity (Wildman–Crippen MR) is 97.2 cm³/mol. The molecule has 0 spiro atoms. The third-order valence-corrected chi connectivity index (χ3v) is 4.25. The van der Waals surface area contributed by atoms with Gasteiger partial charge in [-0.25, -0.2) is 14.8 Å². The lowest BCUT2D eigenvalue weighted by Gasteiger charge is -2.34. The number of hydrogen-bond acceptors (Lipinski definition) is 7. The number of esters is 1. The van der Waals surface area contributed by atoms with Gasteiger partial charge in [0.1, 0.15) is 22.9 Å². The van der Waals surface area contributed by atoms with Crippen molar-refractivity contribution in [3.63, 3.8) is 0 Å². The van der Waals surface area contributed by atoms with Crippen LogP contribution in [-0.2, 0) is 20.7 Å². The molecule has 9 heteroatoms. The van der Waals surface area contributed by atoms with Crippen LogP contribution >= 0.6 is 11.6 Å². The first-order chi connectivity index (χ1) is 12.2. The third kappa shape index (κ3) is 5.72. The third-order valence-electron chi connectivity index (χ3n) is 3.93. The number of ether oxygens (including phenoxy) is 2. The van der Waals surface area contributed by atoms with Crippen LogP contribution in [0.25, 0.3) is 0 Å². The number of nitrogens with zero attached hydrogens (tertiary/aromatic N) is 3. The largest absolute Gasteiger partial charge is 0.469 e. The Morgan fingerprint density at radius 2 is 1.96 bits per heavy atom. The topological polar surface area (TPSA) is 93.6 Å². The van der Waals surface area contributed by atoms with Crippen LogP contribution in [0.3, 0.4) is 0 Å². The fourth-order valence-electron chi connectivity index (χ4n) is 2.61. The molecule has 1 aromatic heterocycles. The minimum Gasteiger partial charge on any atom is -0.469 e. The Morgan fingerprint density at radius 3 is 2.54 bits per heavy atom. The fourth-order valence-corrected chi connectivity index (χ4v) is 2.81. The Morgan fingerprint density at radius 1 is 1.31 bits per heavy atom. The summed E-state index contributed by atoms with van der Waals surface area (Å²) in [6, 6.07) is 0.107. The molecule has 1 fully saturated rings. The summed E-state index contributed by atoms with van der Waals surface area (Å²) in [6.07, 6.45) is 2.51. The van der Waals surface area contributed by atoms with Gasteiger partial charge in [0.05, 0.1) is 13.5 Å². The van der Waals surface area contributed by atoms with Gasteiger partial charge < -0.3 is 19.7 Å². The maximum Gasteiger partial charge on any atom is 0.410 e. The Balaban J connectivity index is 1.96. The van der Waals surface area contributed by atoms with Gasteiger partial charge >= 0.3 is 12.1 Å². The fraction of sp³-hybridized carbons (Fsp3) is 0.647. The normalized spacial score (nSPS) is 15.5. The molecule has 1 N–H and O–H groups in total. The number of methoxy groups -OCH3 is 1. The standard InChI is InChI=1S/C17H25ClN4O4/c1-17(2,3)26-16(24)22-7-5-11(6-8-22)21-15-12(9-13(23)25-4)14(18)19-10-20-15/h10-11H,5-9H2,1-4H3,(H,19,20,21). The molecule has 0 saturated carbocycles. The molecule has 0 bridgehead atoms. The number of anilines is 1. The molecule has 8 nitrogen and oxygen atoms in total. The summed E-state index contributed by atoms with van der Waals surface area (Å²) in [4.78, 5) is 33.5. The monoisotopic (exact) mass is 384 g/mol.